The van der Waals surface area contributed by atoms with E-state index in [0.717, 1.165) is 18.8 Å². The van der Waals surface area contributed by atoms with Crippen LogP contribution in [0, 0.1) is 10.1 Å². The summed E-state index contributed by atoms with van der Waals surface area (Å²) in [6.07, 6.45) is 1.75. The molecule has 1 saturated heterocycles. The van der Waals surface area contributed by atoms with Gasteiger partial charge in [-0.15, -0.1) is 0 Å². The van der Waals surface area contributed by atoms with Crippen molar-refractivity contribution in [3.05, 3.63) is 50.6 Å². The van der Waals surface area contributed by atoms with Crippen LogP contribution < -0.4 is 15.5 Å². The number of anilines is 3. The molecular weight excluding hydrogens is 353 g/mol. The Bertz CT molecular complexity index is 738. The molecule has 0 unspecified atom stereocenters. The number of nitrogens with zero attached hydrogens (tertiary/aromatic N) is 4. The molecule has 0 amide bonds. The molecule has 1 aromatic heterocycles. The molecule has 24 heavy (non-hydrogen) atoms. The Balaban J connectivity index is 1.75. The Morgan fingerprint density at radius 2 is 1.67 bits per heavy atom. The summed E-state index contributed by atoms with van der Waals surface area (Å²) in [5.41, 5.74) is 7.14. The molecule has 1 aliphatic heterocycles. The molecule has 0 aliphatic carbocycles. The monoisotopic (exact) mass is 367 g/mol. The van der Waals surface area contributed by atoms with Crippen molar-refractivity contribution in [1.29, 1.82) is 0 Å². The van der Waals surface area contributed by atoms with E-state index < -0.39 is 4.92 Å². The van der Waals surface area contributed by atoms with Crippen molar-refractivity contribution in [1.82, 2.24) is 4.98 Å². The number of nitrogen functional groups attached to an aromatic ring is 1. The number of benzene rings is 1. The smallest absolute Gasteiger partial charge is 0.272 e. The van der Waals surface area contributed by atoms with E-state index in [1.165, 1.54) is 12.1 Å². The standard InChI is InChI=1S/C15H15Cl2N5O2/c16-12-7-11(22(23)24)8-13(17)15(12)21-5-3-20(4-6-21)10-1-2-14(18)19-9-10/h1-2,7-9H,3-6H2,(H2,18,19). The van der Waals surface area contributed by atoms with Gasteiger partial charge in [-0.3, -0.25) is 10.1 Å². The number of piperazine rings is 1. The van der Waals surface area contributed by atoms with E-state index in [1.807, 2.05) is 11.0 Å². The Morgan fingerprint density at radius 3 is 2.17 bits per heavy atom. The molecule has 2 N–H and O–H groups in total. The number of rotatable bonds is 3. The van der Waals surface area contributed by atoms with Crippen LogP contribution in [0.5, 0.6) is 0 Å². The topological polar surface area (TPSA) is 88.5 Å². The van der Waals surface area contributed by atoms with Crippen molar-refractivity contribution in [3.8, 4) is 0 Å². The summed E-state index contributed by atoms with van der Waals surface area (Å²) in [6, 6.07) is 6.37. The minimum Gasteiger partial charge on any atom is -0.384 e. The fourth-order valence-electron chi connectivity index (χ4n) is 2.73. The molecule has 0 saturated carbocycles. The van der Waals surface area contributed by atoms with Gasteiger partial charge in [0, 0.05) is 38.3 Å². The molecule has 1 aliphatic rings. The van der Waals surface area contributed by atoms with Crippen LogP contribution in [0.25, 0.3) is 0 Å². The van der Waals surface area contributed by atoms with Gasteiger partial charge in [-0.25, -0.2) is 4.98 Å². The van der Waals surface area contributed by atoms with Gasteiger partial charge >= 0.3 is 0 Å². The second-order valence-electron chi connectivity index (χ2n) is 5.43. The van der Waals surface area contributed by atoms with Gasteiger partial charge in [-0.2, -0.15) is 0 Å². The van der Waals surface area contributed by atoms with Crippen LogP contribution in [0.3, 0.4) is 0 Å². The maximum Gasteiger partial charge on any atom is 0.272 e. The number of halogens is 2. The van der Waals surface area contributed by atoms with Gasteiger partial charge < -0.3 is 15.5 Å². The Hall–Kier alpha value is -2.25. The van der Waals surface area contributed by atoms with E-state index in [2.05, 4.69) is 9.88 Å². The van der Waals surface area contributed by atoms with Gasteiger partial charge in [-0.1, -0.05) is 23.2 Å². The third kappa shape index (κ3) is 3.32. The van der Waals surface area contributed by atoms with Crippen LogP contribution in [-0.4, -0.2) is 36.1 Å². The molecule has 2 aromatic rings. The van der Waals surface area contributed by atoms with Crippen molar-refractivity contribution >= 4 is 46.1 Å². The molecule has 0 bridgehead atoms. The Labute approximate surface area is 148 Å². The molecule has 126 valence electrons. The first kappa shape index (κ1) is 16.6. The van der Waals surface area contributed by atoms with Crippen LogP contribution in [-0.2, 0) is 0 Å². The second kappa shape index (κ2) is 6.70. The molecule has 1 fully saturated rings. The number of nitro groups is 1. The lowest BCUT2D eigenvalue weighted by molar-refractivity contribution is -0.384. The molecular formula is C15H15Cl2N5O2. The number of hydrogen-bond acceptors (Lipinski definition) is 6. The molecule has 0 spiro atoms. The number of pyridine rings is 1. The fourth-order valence-corrected chi connectivity index (χ4v) is 3.45. The summed E-state index contributed by atoms with van der Waals surface area (Å²) in [6.45, 7) is 2.91. The van der Waals surface area contributed by atoms with Crippen LogP contribution in [0.15, 0.2) is 30.5 Å². The van der Waals surface area contributed by atoms with Crippen molar-refractivity contribution in [3.63, 3.8) is 0 Å². The Kier molecular flexibility index (Phi) is 4.64. The van der Waals surface area contributed by atoms with Crippen molar-refractivity contribution in [2.45, 2.75) is 0 Å². The molecule has 1 aromatic carbocycles. The average Bonchev–Trinajstić information content (AvgIpc) is 2.55. The molecule has 2 heterocycles. The van der Waals surface area contributed by atoms with E-state index in [-0.39, 0.29) is 15.7 Å². The van der Waals surface area contributed by atoms with Crippen LogP contribution in [0.2, 0.25) is 10.0 Å². The minimum atomic E-state index is -0.506. The molecule has 0 atom stereocenters. The number of non-ortho nitro benzene ring substituents is 1. The van der Waals surface area contributed by atoms with Gasteiger partial charge in [0.25, 0.3) is 5.69 Å². The lowest BCUT2D eigenvalue weighted by Gasteiger charge is -2.37. The van der Waals surface area contributed by atoms with Crippen molar-refractivity contribution in [2.75, 3.05) is 41.7 Å². The fraction of sp³-hybridized carbons (Fsp3) is 0.267. The van der Waals surface area contributed by atoms with Crippen molar-refractivity contribution in [2.24, 2.45) is 0 Å². The molecule has 9 heteroatoms. The predicted octanol–water partition coefficient (Wildman–Crippen LogP) is 3.21. The molecule has 3 rings (SSSR count). The van der Waals surface area contributed by atoms with E-state index >= 15 is 0 Å². The zero-order chi connectivity index (χ0) is 17.3. The van der Waals surface area contributed by atoms with Crippen molar-refractivity contribution < 1.29 is 4.92 Å². The van der Waals surface area contributed by atoms with Gasteiger partial charge in [-0.05, 0) is 12.1 Å². The maximum absolute atomic E-state index is 10.9. The largest absolute Gasteiger partial charge is 0.384 e. The third-order valence-corrected chi connectivity index (χ3v) is 4.52. The highest BCUT2D eigenvalue weighted by Crippen LogP contribution is 2.38. The minimum absolute atomic E-state index is 0.111. The lowest BCUT2D eigenvalue weighted by Crippen LogP contribution is -2.46. The SMILES string of the molecule is Nc1ccc(N2CCN(c3c(Cl)cc([N+](=O)[O-])cc3Cl)CC2)cn1. The Morgan fingerprint density at radius 1 is 1.08 bits per heavy atom. The highest BCUT2D eigenvalue weighted by atomic mass is 35.5. The molecule has 7 nitrogen and oxygen atoms in total. The third-order valence-electron chi connectivity index (χ3n) is 3.94. The number of nitro benzene ring substituents is 1. The van der Waals surface area contributed by atoms with Crippen LogP contribution in [0.1, 0.15) is 0 Å². The first-order chi connectivity index (χ1) is 11.5. The van der Waals surface area contributed by atoms with Crippen LogP contribution in [0.4, 0.5) is 22.9 Å². The zero-order valence-corrected chi connectivity index (χ0v) is 14.2. The summed E-state index contributed by atoms with van der Waals surface area (Å²) >= 11 is 12.4. The van der Waals surface area contributed by atoms with Gasteiger partial charge in [0.15, 0.2) is 0 Å². The number of hydrogen-bond donors (Lipinski definition) is 1. The zero-order valence-electron chi connectivity index (χ0n) is 12.7. The summed E-state index contributed by atoms with van der Waals surface area (Å²) in [7, 11) is 0. The highest BCUT2D eigenvalue weighted by molar-refractivity contribution is 6.39. The normalized spacial score (nSPS) is 14.8. The first-order valence-electron chi connectivity index (χ1n) is 7.30. The van der Waals surface area contributed by atoms with E-state index in [4.69, 9.17) is 28.9 Å². The van der Waals surface area contributed by atoms with E-state index in [1.54, 1.807) is 12.3 Å². The maximum atomic E-state index is 10.9. The summed E-state index contributed by atoms with van der Waals surface area (Å²) in [4.78, 5) is 18.7. The van der Waals surface area contributed by atoms with Gasteiger partial charge in [0.2, 0.25) is 0 Å². The summed E-state index contributed by atoms with van der Waals surface area (Å²) in [5.74, 6) is 0.488. The van der Waals surface area contributed by atoms with Gasteiger partial charge in [0.05, 0.1) is 32.5 Å². The summed E-state index contributed by atoms with van der Waals surface area (Å²) in [5, 5.41) is 11.4. The molecule has 0 radical (unpaired) electrons. The van der Waals surface area contributed by atoms with Gasteiger partial charge in [0.1, 0.15) is 5.82 Å². The van der Waals surface area contributed by atoms with Crippen LogP contribution >= 0.6 is 23.2 Å². The highest BCUT2D eigenvalue weighted by Gasteiger charge is 2.23. The van der Waals surface area contributed by atoms with E-state index in [9.17, 15) is 10.1 Å². The predicted molar refractivity (Wildman–Crippen MR) is 96.2 cm³/mol. The lowest BCUT2D eigenvalue weighted by atomic mass is 10.2. The first-order valence-corrected chi connectivity index (χ1v) is 8.06. The summed E-state index contributed by atoms with van der Waals surface area (Å²) < 4.78 is 0. The number of aromatic nitrogens is 1. The van der Waals surface area contributed by atoms with E-state index in [0.29, 0.717) is 24.6 Å². The number of nitrogens with two attached hydrogens (primary N) is 1. The quantitative estimate of drug-likeness (QED) is 0.661. The second-order valence-corrected chi connectivity index (χ2v) is 6.24. The average molecular weight is 368 g/mol.